The first-order chi connectivity index (χ1) is 15.1. The Bertz CT molecular complexity index is 1170. The molecule has 2 aliphatic heterocycles. The Hall–Kier alpha value is -3.67. The number of anilines is 3. The van der Waals surface area contributed by atoms with Gasteiger partial charge in [-0.1, -0.05) is 36.4 Å². The van der Waals surface area contributed by atoms with Crippen molar-refractivity contribution in [2.75, 3.05) is 28.2 Å². The lowest BCUT2D eigenvalue weighted by Crippen LogP contribution is -2.28. The van der Waals surface area contributed by atoms with Crippen molar-refractivity contribution >= 4 is 45.6 Å². The van der Waals surface area contributed by atoms with E-state index in [0.717, 1.165) is 35.1 Å². The molecule has 0 bridgehead atoms. The van der Waals surface area contributed by atoms with Crippen molar-refractivity contribution in [3.63, 3.8) is 0 Å². The van der Waals surface area contributed by atoms with Gasteiger partial charge in [-0.2, -0.15) is 0 Å². The molecule has 2 fully saturated rings. The van der Waals surface area contributed by atoms with Gasteiger partial charge < -0.3 is 15.1 Å². The zero-order chi connectivity index (χ0) is 21.4. The fraction of sp³-hybridized carbons (Fsp3) is 0.240. The van der Waals surface area contributed by atoms with Crippen molar-refractivity contribution < 1.29 is 14.4 Å². The molecule has 0 aliphatic carbocycles. The molecular weight excluding hydrogens is 390 g/mol. The maximum atomic E-state index is 12.8. The third-order valence-corrected chi connectivity index (χ3v) is 6.07. The minimum atomic E-state index is -0.411. The quantitative estimate of drug-likeness (QED) is 0.704. The molecule has 0 aromatic heterocycles. The van der Waals surface area contributed by atoms with Crippen LogP contribution in [-0.2, 0) is 14.4 Å². The zero-order valence-electron chi connectivity index (χ0n) is 17.1. The van der Waals surface area contributed by atoms with Gasteiger partial charge in [0, 0.05) is 42.7 Å². The Morgan fingerprint density at radius 3 is 2.42 bits per heavy atom. The molecular formula is C25H23N3O3. The molecule has 0 spiro atoms. The molecule has 0 saturated carbocycles. The van der Waals surface area contributed by atoms with Crippen LogP contribution in [0, 0.1) is 5.92 Å². The summed E-state index contributed by atoms with van der Waals surface area (Å²) in [4.78, 5) is 40.9. The second-order valence-electron chi connectivity index (χ2n) is 8.09. The second-order valence-corrected chi connectivity index (χ2v) is 8.09. The van der Waals surface area contributed by atoms with Crippen molar-refractivity contribution in [1.82, 2.24) is 0 Å². The number of fused-ring (bicyclic) bond motifs is 1. The molecule has 156 valence electrons. The van der Waals surface area contributed by atoms with Crippen LogP contribution in [0.2, 0.25) is 0 Å². The minimum absolute atomic E-state index is 0.0422. The monoisotopic (exact) mass is 413 g/mol. The summed E-state index contributed by atoms with van der Waals surface area (Å²) >= 11 is 0. The highest BCUT2D eigenvalue weighted by Gasteiger charge is 2.35. The van der Waals surface area contributed by atoms with Gasteiger partial charge in [0.05, 0.1) is 11.6 Å². The molecule has 2 saturated heterocycles. The molecule has 3 aromatic carbocycles. The van der Waals surface area contributed by atoms with E-state index in [-0.39, 0.29) is 24.1 Å². The predicted octanol–water partition coefficient (Wildman–Crippen LogP) is 3.96. The van der Waals surface area contributed by atoms with Crippen molar-refractivity contribution in [2.24, 2.45) is 5.92 Å². The van der Waals surface area contributed by atoms with Crippen LogP contribution in [0.15, 0.2) is 66.7 Å². The van der Waals surface area contributed by atoms with Gasteiger partial charge >= 0.3 is 0 Å². The predicted molar refractivity (Wildman–Crippen MR) is 121 cm³/mol. The van der Waals surface area contributed by atoms with Crippen molar-refractivity contribution in [1.29, 1.82) is 0 Å². The molecule has 6 nitrogen and oxygen atoms in total. The fourth-order valence-corrected chi connectivity index (χ4v) is 4.45. The number of nitrogens with zero attached hydrogens (tertiary/aromatic N) is 2. The van der Waals surface area contributed by atoms with Crippen LogP contribution in [-0.4, -0.2) is 30.8 Å². The van der Waals surface area contributed by atoms with Crippen LogP contribution in [0.3, 0.4) is 0 Å². The van der Waals surface area contributed by atoms with Gasteiger partial charge in [-0.3, -0.25) is 14.4 Å². The van der Waals surface area contributed by atoms with Crippen LogP contribution in [0.25, 0.3) is 10.8 Å². The lowest BCUT2D eigenvalue weighted by molar-refractivity contribution is -0.122. The highest BCUT2D eigenvalue weighted by Crippen LogP contribution is 2.32. The summed E-state index contributed by atoms with van der Waals surface area (Å²) in [5.74, 6) is -0.485. The first kappa shape index (κ1) is 19.3. The Kier molecular flexibility index (Phi) is 4.90. The zero-order valence-corrected chi connectivity index (χ0v) is 17.1. The Morgan fingerprint density at radius 2 is 1.65 bits per heavy atom. The summed E-state index contributed by atoms with van der Waals surface area (Å²) < 4.78 is 0. The van der Waals surface area contributed by atoms with Gasteiger partial charge in [0.2, 0.25) is 17.7 Å². The van der Waals surface area contributed by atoms with E-state index >= 15 is 0 Å². The molecule has 3 amide bonds. The minimum Gasteiger partial charge on any atom is -0.326 e. The molecule has 0 unspecified atom stereocenters. The maximum absolute atomic E-state index is 12.8. The average Bonchev–Trinajstić information content (AvgIpc) is 3.39. The van der Waals surface area contributed by atoms with E-state index in [1.807, 2.05) is 54.6 Å². The number of benzene rings is 3. The molecule has 0 radical (unpaired) electrons. The molecule has 6 heteroatoms. The fourth-order valence-electron chi connectivity index (χ4n) is 4.45. The first-order valence-electron chi connectivity index (χ1n) is 10.6. The largest absolute Gasteiger partial charge is 0.326 e. The average molecular weight is 413 g/mol. The molecule has 2 heterocycles. The smallest absolute Gasteiger partial charge is 0.229 e. The number of hydrogen-bond donors (Lipinski definition) is 1. The van der Waals surface area contributed by atoms with Gasteiger partial charge in [-0.15, -0.1) is 0 Å². The summed E-state index contributed by atoms with van der Waals surface area (Å²) in [6.07, 6.45) is 1.65. The number of rotatable bonds is 4. The topological polar surface area (TPSA) is 69.7 Å². The van der Waals surface area contributed by atoms with Crippen LogP contribution >= 0.6 is 0 Å². The summed E-state index contributed by atoms with van der Waals surface area (Å²) in [5.41, 5.74) is 2.35. The normalized spacial score (nSPS) is 18.8. The Labute approximate surface area is 180 Å². The van der Waals surface area contributed by atoms with Crippen LogP contribution in [0.1, 0.15) is 19.3 Å². The van der Waals surface area contributed by atoms with Crippen molar-refractivity contribution in [3.8, 4) is 0 Å². The molecule has 31 heavy (non-hydrogen) atoms. The van der Waals surface area contributed by atoms with Gasteiger partial charge in [-0.05, 0) is 42.1 Å². The van der Waals surface area contributed by atoms with E-state index in [9.17, 15) is 14.4 Å². The van der Waals surface area contributed by atoms with E-state index in [1.165, 1.54) is 0 Å². The third-order valence-electron chi connectivity index (χ3n) is 6.07. The SMILES string of the molecule is O=C(Nc1ccc(N2CCCC2=O)cc1)[C@H]1CC(=O)N(c2cccc3ccccc23)C1. The highest BCUT2D eigenvalue weighted by atomic mass is 16.2. The third kappa shape index (κ3) is 3.65. The summed E-state index contributed by atoms with van der Waals surface area (Å²) in [7, 11) is 0. The van der Waals surface area contributed by atoms with Crippen molar-refractivity contribution in [2.45, 2.75) is 19.3 Å². The standard InChI is InChI=1S/C25H23N3O3/c29-23-9-4-14-27(23)20-12-10-19(11-13-20)26-25(31)18-15-24(30)28(16-18)22-8-3-6-17-5-1-2-7-21(17)22/h1-3,5-8,10-13,18H,4,9,14-16H2,(H,26,31)/t18-/m0/s1. The van der Waals surface area contributed by atoms with E-state index in [4.69, 9.17) is 0 Å². The van der Waals surface area contributed by atoms with Gasteiger partial charge in [-0.25, -0.2) is 0 Å². The summed E-state index contributed by atoms with van der Waals surface area (Å²) in [6.45, 7) is 1.10. The number of amides is 3. The number of nitrogens with one attached hydrogen (secondary N) is 1. The number of hydrogen-bond acceptors (Lipinski definition) is 3. The van der Waals surface area contributed by atoms with Gasteiger partial charge in [0.1, 0.15) is 0 Å². The lowest BCUT2D eigenvalue weighted by Gasteiger charge is -2.19. The van der Waals surface area contributed by atoms with Crippen LogP contribution in [0.5, 0.6) is 0 Å². The number of carbonyl (C=O) groups excluding carboxylic acids is 3. The van der Waals surface area contributed by atoms with Gasteiger partial charge in [0.15, 0.2) is 0 Å². The first-order valence-corrected chi connectivity index (χ1v) is 10.6. The van der Waals surface area contributed by atoms with E-state index in [0.29, 0.717) is 18.7 Å². The highest BCUT2D eigenvalue weighted by molar-refractivity contribution is 6.08. The van der Waals surface area contributed by atoms with Gasteiger partial charge in [0.25, 0.3) is 0 Å². The summed E-state index contributed by atoms with van der Waals surface area (Å²) in [6, 6.07) is 21.1. The lowest BCUT2D eigenvalue weighted by atomic mass is 10.1. The number of carbonyl (C=O) groups is 3. The second kappa shape index (κ2) is 7.87. The van der Waals surface area contributed by atoms with E-state index in [2.05, 4.69) is 5.32 Å². The maximum Gasteiger partial charge on any atom is 0.229 e. The molecule has 5 rings (SSSR count). The molecule has 2 aliphatic rings. The Morgan fingerprint density at radius 1 is 0.871 bits per heavy atom. The van der Waals surface area contributed by atoms with E-state index < -0.39 is 5.92 Å². The Balaban J connectivity index is 1.28. The van der Waals surface area contributed by atoms with Crippen molar-refractivity contribution in [3.05, 3.63) is 66.7 Å². The molecule has 3 aromatic rings. The molecule has 1 atom stereocenters. The van der Waals surface area contributed by atoms with Crippen LogP contribution < -0.4 is 15.1 Å². The van der Waals surface area contributed by atoms with E-state index in [1.54, 1.807) is 21.9 Å². The summed E-state index contributed by atoms with van der Waals surface area (Å²) in [5, 5.41) is 4.99. The van der Waals surface area contributed by atoms with Crippen LogP contribution in [0.4, 0.5) is 17.1 Å². The molecule has 1 N–H and O–H groups in total.